The summed E-state index contributed by atoms with van der Waals surface area (Å²) in [5.74, 6) is 1.85. The van der Waals surface area contributed by atoms with Gasteiger partial charge < -0.3 is 24.9 Å². The van der Waals surface area contributed by atoms with Crippen LogP contribution in [-0.2, 0) is 17.9 Å². The lowest BCUT2D eigenvalue weighted by Crippen LogP contribution is -2.45. The van der Waals surface area contributed by atoms with Gasteiger partial charge in [-0.2, -0.15) is 0 Å². The summed E-state index contributed by atoms with van der Waals surface area (Å²) in [6, 6.07) is 3.67. The molecule has 1 aliphatic rings. The van der Waals surface area contributed by atoms with E-state index < -0.39 is 5.60 Å². The number of hydrogen-bond donors (Lipinski definition) is 3. The van der Waals surface area contributed by atoms with Gasteiger partial charge in [0, 0.05) is 12.6 Å². The molecule has 6 heteroatoms. The number of aliphatic hydroxyl groups is 1. The zero-order valence-corrected chi connectivity index (χ0v) is 13.5. The van der Waals surface area contributed by atoms with Crippen molar-refractivity contribution in [3.63, 3.8) is 0 Å². The van der Waals surface area contributed by atoms with Crippen molar-refractivity contribution in [2.45, 2.75) is 58.4 Å². The third-order valence-electron chi connectivity index (χ3n) is 3.43. The molecule has 0 radical (unpaired) electrons. The van der Waals surface area contributed by atoms with Gasteiger partial charge in [-0.05, 0) is 51.7 Å². The lowest BCUT2D eigenvalue weighted by atomic mass is 10.2. The van der Waals surface area contributed by atoms with E-state index in [9.17, 15) is 4.79 Å². The Morgan fingerprint density at radius 2 is 2.09 bits per heavy atom. The molecule has 22 heavy (non-hydrogen) atoms. The average molecular weight is 310 g/mol. The third kappa shape index (κ3) is 5.69. The van der Waals surface area contributed by atoms with Gasteiger partial charge in [-0.15, -0.1) is 0 Å². The molecule has 1 aromatic rings. The van der Waals surface area contributed by atoms with Crippen LogP contribution in [0.4, 0.5) is 4.79 Å². The van der Waals surface area contributed by atoms with Gasteiger partial charge >= 0.3 is 6.09 Å². The number of aliphatic hydroxyl groups excluding tert-OH is 1. The Bertz CT molecular complexity index is 489. The first-order chi connectivity index (χ1) is 10.4. The van der Waals surface area contributed by atoms with E-state index in [1.807, 2.05) is 26.8 Å². The van der Waals surface area contributed by atoms with E-state index in [0.717, 1.165) is 18.6 Å². The molecule has 124 valence electrons. The summed E-state index contributed by atoms with van der Waals surface area (Å²) >= 11 is 0. The number of rotatable bonds is 7. The third-order valence-corrected chi connectivity index (χ3v) is 3.43. The molecule has 0 bridgehead atoms. The number of hydrogen-bond acceptors (Lipinski definition) is 5. The lowest BCUT2D eigenvalue weighted by molar-refractivity contribution is 0.0497. The first kappa shape index (κ1) is 16.8. The highest BCUT2D eigenvalue weighted by atomic mass is 16.6. The molecule has 1 atom stereocenters. The molecule has 0 saturated heterocycles. The first-order valence-corrected chi connectivity index (χ1v) is 7.76. The quantitative estimate of drug-likeness (QED) is 0.719. The van der Waals surface area contributed by atoms with Crippen molar-refractivity contribution >= 4 is 6.09 Å². The Morgan fingerprint density at radius 1 is 1.41 bits per heavy atom. The van der Waals surface area contributed by atoms with Gasteiger partial charge in [0.25, 0.3) is 0 Å². The molecule has 1 aliphatic carbocycles. The van der Waals surface area contributed by atoms with Crippen molar-refractivity contribution < 1.29 is 19.1 Å². The molecule has 1 heterocycles. The number of alkyl carbamates (subject to hydrolysis) is 1. The summed E-state index contributed by atoms with van der Waals surface area (Å²) in [6.45, 7) is 6.70. The van der Waals surface area contributed by atoms with Gasteiger partial charge in [0.1, 0.15) is 23.7 Å². The Kier molecular flexibility index (Phi) is 5.47. The Morgan fingerprint density at radius 3 is 2.64 bits per heavy atom. The van der Waals surface area contributed by atoms with Gasteiger partial charge in [-0.3, -0.25) is 0 Å². The molecule has 3 N–H and O–H groups in total. The van der Waals surface area contributed by atoms with Crippen molar-refractivity contribution in [2.75, 3.05) is 6.54 Å². The van der Waals surface area contributed by atoms with Crippen molar-refractivity contribution in [3.8, 4) is 0 Å². The molecule has 1 saturated carbocycles. The number of amides is 1. The highest BCUT2D eigenvalue weighted by Crippen LogP contribution is 2.32. The second-order valence-corrected chi connectivity index (χ2v) is 6.75. The van der Waals surface area contributed by atoms with Crippen LogP contribution in [0.2, 0.25) is 0 Å². The van der Waals surface area contributed by atoms with E-state index in [2.05, 4.69) is 10.6 Å². The van der Waals surface area contributed by atoms with E-state index >= 15 is 0 Å². The van der Waals surface area contributed by atoms with Crippen molar-refractivity contribution in [1.29, 1.82) is 0 Å². The minimum Gasteiger partial charge on any atom is -0.462 e. The molecule has 0 aromatic carbocycles. The SMILES string of the molecule is CC(C)(C)OC(=O)NC(CNCc1ccc(CO)o1)C1CC1. The van der Waals surface area contributed by atoms with Crippen LogP contribution in [0.15, 0.2) is 16.5 Å². The monoisotopic (exact) mass is 310 g/mol. The summed E-state index contributed by atoms with van der Waals surface area (Å²) < 4.78 is 10.7. The van der Waals surface area contributed by atoms with E-state index in [1.165, 1.54) is 0 Å². The van der Waals surface area contributed by atoms with Crippen LogP contribution in [0.5, 0.6) is 0 Å². The smallest absolute Gasteiger partial charge is 0.407 e. The molecule has 2 rings (SSSR count). The molecule has 1 fully saturated rings. The second-order valence-electron chi connectivity index (χ2n) is 6.75. The maximum absolute atomic E-state index is 11.9. The highest BCUT2D eigenvalue weighted by molar-refractivity contribution is 5.68. The largest absolute Gasteiger partial charge is 0.462 e. The number of carbonyl (C=O) groups is 1. The van der Waals surface area contributed by atoms with Crippen molar-refractivity contribution in [2.24, 2.45) is 5.92 Å². The molecule has 0 spiro atoms. The number of ether oxygens (including phenoxy) is 1. The summed E-state index contributed by atoms with van der Waals surface area (Å²) in [6.07, 6.45) is 1.90. The predicted molar refractivity (Wildman–Crippen MR) is 82.2 cm³/mol. The van der Waals surface area contributed by atoms with Crippen molar-refractivity contribution in [3.05, 3.63) is 23.7 Å². The van der Waals surface area contributed by atoms with Crippen LogP contribution in [0.1, 0.15) is 45.1 Å². The maximum Gasteiger partial charge on any atom is 0.407 e. The fourth-order valence-electron chi connectivity index (χ4n) is 2.25. The van der Waals surface area contributed by atoms with Crippen LogP contribution < -0.4 is 10.6 Å². The zero-order chi connectivity index (χ0) is 16.2. The summed E-state index contributed by atoms with van der Waals surface area (Å²) in [5.41, 5.74) is -0.486. The molecule has 6 nitrogen and oxygen atoms in total. The van der Waals surface area contributed by atoms with E-state index in [4.69, 9.17) is 14.3 Å². The highest BCUT2D eigenvalue weighted by Gasteiger charge is 2.33. The number of carbonyl (C=O) groups excluding carboxylic acids is 1. The maximum atomic E-state index is 11.9. The summed E-state index contributed by atoms with van der Waals surface area (Å²) in [5, 5.41) is 15.2. The predicted octanol–water partition coefficient (Wildman–Crippen LogP) is 2.16. The van der Waals surface area contributed by atoms with Crippen molar-refractivity contribution in [1.82, 2.24) is 10.6 Å². The number of nitrogens with one attached hydrogen (secondary N) is 2. The van der Waals surface area contributed by atoms with Gasteiger partial charge in [0.2, 0.25) is 0 Å². The molecular formula is C16H26N2O4. The Labute approximate surface area is 131 Å². The fourth-order valence-corrected chi connectivity index (χ4v) is 2.25. The zero-order valence-electron chi connectivity index (χ0n) is 13.5. The first-order valence-electron chi connectivity index (χ1n) is 7.76. The molecule has 0 aliphatic heterocycles. The van der Waals surface area contributed by atoms with Gasteiger partial charge in [0.15, 0.2) is 0 Å². The van der Waals surface area contributed by atoms with Gasteiger partial charge in [-0.1, -0.05) is 0 Å². The average Bonchev–Trinajstić information content (AvgIpc) is 3.15. The number of furan rings is 1. The molecule has 1 unspecified atom stereocenters. The topological polar surface area (TPSA) is 83.7 Å². The van der Waals surface area contributed by atoms with Gasteiger partial charge in [0.05, 0.1) is 6.54 Å². The molecule has 1 amide bonds. The van der Waals surface area contributed by atoms with Crippen LogP contribution >= 0.6 is 0 Å². The van der Waals surface area contributed by atoms with E-state index in [0.29, 0.717) is 24.8 Å². The summed E-state index contributed by atoms with van der Waals surface area (Å²) in [4.78, 5) is 11.9. The Hall–Kier alpha value is -1.53. The second kappa shape index (κ2) is 7.15. The van der Waals surface area contributed by atoms with Crippen LogP contribution in [0, 0.1) is 5.92 Å². The minimum absolute atomic E-state index is 0.0714. The molecular weight excluding hydrogens is 284 g/mol. The lowest BCUT2D eigenvalue weighted by Gasteiger charge is -2.23. The fraction of sp³-hybridized carbons (Fsp3) is 0.688. The van der Waals surface area contributed by atoms with E-state index in [1.54, 1.807) is 6.07 Å². The van der Waals surface area contributed by atoms with Crippen LogP contribution in [0.25, 0.3) is 0 Å². The van der Waals surface area contributed by atoms with E-state index in [-0.39, 0.29) is 18.7 Å². The Balaban J connectivity index is 1.76. The van der Waals surface area contributed by atoms with Crippen LogP contribution in [-0.4, -0.2) is 29.4 Å². The molecule has 1 aromatic heterocycles. The van der Waals surface area contributed by atoms with Gasteiger partial charge in [-0.25, -0.2) is 4.79 Å². The minimum atomic E-state index is -0.486. The summed E-state index contributed by atoms with van der Waals surface area (Å²) in [7, 11) is 0. The standard InChI is InChI=1S/C16H26N2O4/c1-16(2,3)22-15(20)18-14(11-4-5-11)9-17-8-12-6-7-13(10-19)21-12/h6-7,11,14,17,19H,4-5,8-10H2,1-3H3,(H,18,20). The van der Waals surface area contributed by atoms with Crippen LogP contribution in [0.3, 0.4) is 0 Å². The normalized spacial score (nSPS) is 16.4.